The van der Waals surface area contributed by atoms with Crippen molar-refractivity contribution in [3.8, 4) is 5.75 Å². The number of unbranched alkanes of at least 4 members (excludes halogenated alkanes) is 1. The van der Waals surface area contributed by atoms with Crippen LogP contribution in [0.15, 0.2) is 88.7 Å². The van der Waals surface area contributed by atoms with Gasteiger partial charge < -0.3 is 19.3 Å². The fraction of sp³-hybridized carbons (Fsp3) is 0.286. The standard InChI is InChI=1S/C28H31N3O3S/c1-30(2)22-13-11-21(12-14-22)19-24-26(32)25(35-27-29-16-17-31(27)3)20-28(24,33)15-7-8-18-34-23-9-5-4-6-10-23/h4-6,9-14,16-17,19-20,33H,7-8,15,18H2,1-3H3/b24-19-. The lowest BCUT2D eigenvalue weighted by atomic mass is 9.89. The lowest BCUT2D eigenvalue weighted by Crippen LogP contribution is -2.28. The van der Waals surface area contributed by atoms with Crippen molar-refractivity contribution in [3.05, 3.63) is 89.1 Å². The molecule has 1 atom stereocenters. The second-order valence-electron chi connectivity index (χ2n) is 8.85. The number of carbonyl (C=O) groups excluding carboxylic acids is 1. The Balaban J connectivity index is 1.51. The highest BCUT2D eigenvalue weighted by Gasteiger charge is 2.42. The van der Waals surface area contributed by atoms with E-state index in [0.29, 0.717) is 35.1 Å². The second-order valence-corrected chi connectivity index (χ2v) is 9.86. The third kappa shape index (κ3) is 6.05. The average molecular weight is 490 g/mol. The molecule has 1 N–H and O–H groups in total. The molecule has 6 nitrogen and oxygen atoms in total. The molecule has 0 saturated heterocycles. The minimum atomic E-state index is -1.34. The normalized spacial score (nSPS) is 18.7. The first-order chi connectivity index (χ1) is 16.9. The zero-order chi connectivity index (χ0) is 24.8. The van der Waals surface area contributed by atoms with Crippen molar-refractivity contribution < 1.29 is 14.6 Å². The summed E-state index contributed by atoms with van der Waals surface area (Å²) in [6.07, 6.45) is 8.96. The van der Waals surface area contributed by atoms with Gasteiger partial charge in [0.15, 0.2) is 10.9 Å². The maximum Gasteiger partial charge on any atom is 0.198 e. The maximum absolute atomic E-state index is 13.4. The molecule has 182 valence electrons. The minimum absolute atomic E-state index is 0.155. The van der Waals surface area contributed by atoms with Crippen molar-refractivity contribution in [3.63, 3.8) is 0 Å². The van der Waals surface area contributed by atoms with Crippen molar-refractivity contribution in [1.82, 2.24) is 9.55 Å². The molecule has 0 fully saturated rings. The van der Waals surface area contributed by atoms with Gasteiger partial charge >= 0.3 is 0 Å². The number of ether oxygens (including phenoxy) is 1. The first-order valence-corrected chi connectivity index (χ1v) is 12.5. The van der Waals surface area contributed by atoms with E-state index in [9.17, 15) is 9.90 Å². The number of aliphatic hydroxyl groups is 1. The van der Waals surface area contributed by atoms with Crippen LogP contribution in [0.25, 0.3) is 6.08 Å². The van der Waals surface area contributed by atoms with Crippen LogP contribution in [0.5, 0.6) is 5.75 Å². The van der Waals surface area contributed by atoms with E-state index in [-0.39, 0.29) is 5.78 Å². The van der Waals surface area contributed by atoms with Crippen molar-refractivity contribution in [2.75, 3.05) is 25.6 Å². The smallest absolute Gasteiger partial charge is 0.198 e. The summed E-state index contributed by atoms with van der Waals surface area (Å²) < 4.78 is 7.65. The molecular weight excluding hydrogens is 458 g/mol. The van der Waals surface area contributed by atoms with E-state index in [1.807, 2.05) is 97.5 Å². The highest BCUT2D eigenvalue weighted by atomic mass is 32.2. The Morgan fingerprint density at radius 3 is 2.51 bits per heavy atom. The van der Waals surface area contributed by atoms with E-state index in [2.05, 4.69) is 4.98 Å². The quantitative estimate of drug-likeness (QED) is 0.315. The predicted molar refractivity (Wildman–Crippen MR) is 142 cm³/mol. The predicted octanol–water partition coefficient (Wildman–Crippen LogP) is 5.11. The summed E-state index contributed by atoms with van der Waals surface area (Å²) in [5.74, 6) is 0.676. The van der Waals surface area contributed by atoms with Crippen LogP contribution < -0.4 is 9.64 Å². The van der Waals surface area contributed by atoms with Gasteiger partial charge in [0.25, 0.3) is 0 Å². The number of rotatable bonds is 10. The Kier molecular flexibility index (Phi) is 7.78. The van der Waals surface area contributed by atoms with Crippen LogP contribution in [-0.4, -0.2) is 46.7 Å². The van der Waals surface area contributed by atoms with Crippen LogP contribution in [0.4, 0.5) is 5.69 Å². The van der Waals surface area contributed by atoms with Crippen LogP contribution >= 0.6 is 11.8 Å². The Labute approximate surface area is 210 Å². The Morgan fingerprint density at radius 1 is 1.11 bits per heavy atom. The highest BCUT2D eigenvalue weighted by Crippen LogP contribution is 2.42. The first-order valence-electron chi connectivity index (χ1n) is 11.7. The zero-order valence-electron chi connectivity index (χ0n) is 20.3. The number of nitrogens with zero attached hydrogens (tertiary/aromatic N) is 3. The second kappa shape index (κ2) is 11.0. The molecule has 0 spiro atoms. The Morgan fingerprint density at radius 2 is 1.86 bits per heavy atom. The molecule has 0 amide bonds. The molecule has 1 aliphatic carbocycles. The van der Waals surface area contributed by atoms with E-state index in [1.54, 1.807) is 12.3 Å². The van der Waals surface area contributed by atoms with E-state index in [0.717, 1.165) is 23.4 Å². The van der Waals surface area contributed by atoms with Gasteiger partial charge in [0.2, 0.25) is 0 Å². The fourth-order valence-corrected chi connectivity index (χ4v) is 4.92. The maximum atomic E-state index is 13.4. The number of Topliss-reactive ketones (excluding diaryl/α,β-unsaturated/α-hetero) is 1. The van der Waals surface area contributed by atoms with Crippen LogP contribution in [-0.2, 0) is 11.8 Å². The summed E-state index contributed by atoms with van der Waals surface area (Å²) in [5.41, 5.74) is 1.01. The van der Waals surface area contributed by atoms with Crippen LogP contribution in [0.1, 0.15) is 24.8 Å². The number of ketones is 1. The number of allylic oxidation sites excluding steroid dienone is 1. The molecular formula is C28H31N3O3S. The number of aryl methyl sites for hydroxylation is 1. The van der Waals surface area contributed by atoms with E-state index in [1.165, 1.54) is 11.8 Å². The number of carbonyl (C=O) groups is 1. The summed E-state index contributed by atoms with van der Waals surface area (Å²) >= 11 is 1.29. The van der Waals surface area contributed by atoms with Gasteiger partial charge in [0.05, 0.1) is 11.5 Å². The van der Waals surface area contributed by atoms with Gasteiger partial charge in [-0.25, -0.2) is 4.98 Å². The molecule has 4 rings (SSSR count). The molecule has 1 unspecified atom stereocenters. The van der Waals surface area contributed by atoms with Crippen LogP contribution in [0, 0.1) is 0 Å². The van der Waals surface area contributed by atoms with Gasteiger partial charge in [-0.15, -0.1) is 0 Å². The van der Waals surface area contributed by atoms with Crippen LogP contribution in [0.2, 0.25) is 0 Å². The number of benzene rings is 2. The fourth-order valence-electron chi connectivity index (χ4n) is 3.95. The minimum Gasteiger partial charge on any atom is -0.494 e. The Hall–Kier alpha value is -3.29. The molecule has 3 aromatic rings. The van der Waals surface area contributed by atoms with Gasteiger partial charge in [-0.2, -0.15) is 0 Å². The highest BCUT2D eigenvalue weighted by molar-refractivity contribution is 8.03. The number of hydrogen-bond acceptors (Lipinski definition) is 6. The summed E-state index contributed by atoms with van der Waals surface area (Å²) in [7, 11) is 5.86. The SMILES string of the molecule is CN(C)c1ccc(/C=C2/C(=O)C(Sc3nccn3C)=CC2(O)CCCCOc2ccccc2)cc1. The molecule has 0 aliphatic heterocycles. The van der Waals surface area contributed by atoms with E-state index >= 15 is 0 Å². The monoisotopic (exact) mass is 489 g/mol. The molecule has 35 heavy (non-hydrogen) atoms. The van der Waals surface area contributed by atoms with E-state index < -0.39 is 5.60 Å². The lowest BCUT2D eigenvalue weighted by Gasteiger charge is -2.22. The Bertz CT molecular complexity index is 1220. The third-order valence-electron chi connectivity index (χ3n) is 5.97. The van der Waals surface area contributed by atoms with Crippen molar-refractivity contribution in [2.24, 2.45) is 7.05 Å². The molecule has 1 aromatic heterocycles. The zero-order valence-corrected chi connectivity index (χ0v) is 21.2. The summed E-state index contributed by atoms with van der Waals surface area (Å²) in [6.45, 7) is 0.553. The number of imidazole rings is 1. The largest absolute Gasteiger partial charge is 0.494 e. The number of para-hydroxylation sites is 1. The van der Waals surface area contributed by atoms with Crippen molar-refractivity contribution >= 4 is 29.3 Å². The summed E-state index contributed by atoms with van der Waals surface area (Å²) in [4.78, 5) is 20.3. The summed E-state index contributed by atoms with van der Waals surface area (Å²) in [5, 5.41) is 12.4. The molecule has 7 heteroatoms. The van der Waals surface area contributed by atoms with Gasteiger partial charge in [-0.05, 0) is 73.0 Å². The molecule has 0 saturated carbocycles. The van der Waals surface area contributed by atoms with Crippen molar-refractivity contribution in [1.29, 1.82) is 0 Å². The van der Waals surface area contributed by atoms with Gasteiger partial charge in [0.1, 0.15) is 11.4 Å². The van der Waals surface area contributed by atoms with E-state index in [4.69, 9.17) is 4.74 Å². The van der Waals surface area contributed by atoms with Crippen molar-refractivity contribution in [2.45, 2.75) is 30.0 Å². The van der Waals surface area contributed by atoms with Gasteiger partial charge in [-0.1, -0.05) is 30.3 Å². The average Bonchev–Trinajstić information content (AvgIpc) is 3.35. The number of aromatic nitrogens is 2. The lowest BCUT2D eigenvalue weighted by molar-refractivity contribution is -0.112. The van der Waals surface area contributed by atoms with Crippen LogP contribution in [0.3, 0.4) is 0 Å². The molecule has 1 aliphatic rings. The third-order valence-corrected chi connectivity index (χ3v) is 7.07. The molecule has 0 bridgehead atoms. The molecule has 2 aromatic carbocycles. The van der Waals surface area contributed by atoms with Gasteiger partial charge in [0, 0.05) is 44.8 Å². The molecule has 0 radical (unpaired) electrons. The summed E-state index contributed by atoms with van der Waals surface area (Å²) in [6, 6.07) is 17.6. The topological polar surface area (TPSA) is 67.6 Å². The number of hydrogen-bond donors (Lipinski definition) is 1. The molecule has 1 heterocycles. The van der Waals surface area contributed by atoms with Gasteiger partial charge in [-0.3, -0.25) is 4.79 Å². The number of anilines is 1. The first kappa shape index (κ1) is 24.8. The number of thioether (sulfide) groups is 1.